The fraction of sp³-hybridized carbons (Fsp3) is 0.355. The monoisotopic (exact) mass is 523 g/mol. The maximum absolute atomic E-state index is 13.1. The first kappa shape index (κ1) is 25.1. The summed E-state index contributed by atoms with van der Waals surface area (Å²) in [6, 6.07) is 20.4. The molecule has 1 saturated heterocycles. The van der Waals surface area contributed by atoms with E-state index in [0.717, 1.165) is 59.3 Å². The number of carbonyl (C=O) groups excluding carboxylic acids is 2. The van der Waals surface area contributed by atoms with Crippen LogP contribution in [0.25, 0.3) is 28.0 Å². The molecule has 1 saturated carbocycles. The van der Waals surface area contributed by atoms with E-state index < -0.39 is 5.60 Å². The van der Waals surface area contributed by atoms with Crippen LogP contribution in [0, 0.1) is 0 Å². The van der Waals surface area contributed by atoms with Crippen molar-refractivity contribution in [1.82, 2.24) is 14.5 Å². The molecule has 8 nitrogen and oxygen atoms in total. The van der Waals surface area contributed by atoms with Gasteiger partial charge in [0, 0.05) is 30.4 Å². The Balaban J connectivity index is 1.41. The molecular formula is C31H33N5O3. The Labute approximate surface area is 228 Å². The highest BCUT2D eigenvalue weighted by molar-refractivity contribution is 5.95. The van der Waals surface area contributed by atoms with E-state index >= 15 is 0 Å². The highest BCUT2D eigenvalue weighted by Gasteiger charge is 2.33. The summed E-state index contributed by atoms with van der Waals surface area (Å²) in [7, 11) is 0. The Morgan fingerprint density at radius 1 is 1.03 bits per heavy atom. The average Bonchev–Trinajstić information content (AvgIpc) is 3.48. The lowest BCUT2D eigenvalue weighted by atomic mass is 9.91. The van der Waals surface area contributed by atoms with Crippen molar-refractivity contribution >= 4 is 34.7 Å². The number of benzene rings is 2. The van der Waals surface area contributed by atoms with Gasteiger partial charge in [-0.25, -0.2) is 14.8 Å². The topological polar surface area (TPSA) is 80.6 Å². The van der Waals surface area contributed by atoms with E-state index in [-0.39, 0.29) is 18.0 Å². The summed E-state index contributed by atoms with van der Waals surface area (Å²) >= 11 is 0. The van der Waals surface area contributed by atoms with Gasteiger partial charge in [-0.1, -0.05) is 30.3 Å². The summed E-state index contributed by atoms with van der Waals surface area (Å²) in [5.74, 6) is 0.513. The minimum absolute atomic E-state index is 0.0636. The third-order valence-electron chi connectivity index (χ3n) is 7.34. The van der Waals surface area contributed by atoms with Crippen molar-refractivity contribution in [2.45, 2.75) is 64.5 Å². The fourth-order valence-electron chi connectivity index (χ4n) is 5.25. The second-order valence-corrected chi connectivity index (χ2v) is 11.3. The van der Waals surface area contributed by atoms with E-state index in [1.54, 1.807) is 16.0 Å². The third-order valence-corrected chi connectivity index (χ3v) is 7.34. The minimum atomic E-state index is -0.563. The van der Waals surface area contributed by atoms with Gasteiger partial charge in [-0.3, -0.25) is 14.6 Å². The number of anilines is 2. The van der Waals surface area contributed by atoms with Gasteiger partial charge in [0.1, 0.15) is 5.60 Å². The number of fused-ring (bicyclic) bond motifs is 1. The lowest BCUT2D eigenvalue weighted by Crippen LogP contribution is -2.46. The second-order valence-electron chi connectivity index (χ2n) is 11.3. The first-order valence-corrected chi connectivity index (χ1v) is 13.7. The molecule has 1 aliphatic heterocycles. The fourth-order valence-corrected chi connectivity index (χ4v) is 5.25. The van der Waals surface area contributed by atoms with Crippen molar-refractivity contribution in [3.8, 4) is 16.9 Å². The van der Waals surface area contributed by atoms with Crippen LogP contribution in [0.4, 0.5) is 16.4 Å². The Morgan fingerprint density at radius 3 is 2.38 bits per heavy atom. The van der Waals surface area contributed by atoms with E-state index in [2.05, 4.69) is 21.7 Å². The Hall–Kier alpha value is -4.20. The molecule has 0 unspecified atom stereocenters. The Kier molecular flexibility index (Phi) is 6.33. The molecular weight excluding hydrogens is 490 g/mol. The number of nitrogens with zero attached hydrogens (tertiary/aromatic N) is 5. The summed E-state index contributed by atoms with van der Waals surface area (Å²) in [6.07, 6.45) is 5.90. The first-order valence-electron chi connectivity index (χ1n) is 13.7. The number of hydrogen-bond donors (Lipinski definition) is 0. The summed E-state index contributed by atoms with van der Waals surface area (Å²) in [5, 5.41) is 0. The molecule has 6 rings (SSSR count). The second kappa shape index (κ2) is 9.84. The Bertz CT molecular complexity index is 1520. The summed E-state index contributed by atoms with van der Waals surface area (Å²) in [5.41, 5.74) is 4.82. The van der Waals surface area contributed by atoms with Gasteiger partial charge in [-0.15, -0.1) is 0 Å². The lowest BCUT2D eigenvalue weighted by molar-refractivity contribution is -0.117. The third kappa shape index (κ3) is 4.87. The van der Waals surface area contributed by atoms with Gasteiger partial charge < -0.3 is 9.30 Å². The lowest BCUT2D eigenvalue weighted by Gasteiger charge is -2.38. The van der Waals surface area contributed by atoms with Crippen molar-refractivity contribution < 1.29 is 14.3 Å². The zero-order chi connectivity index (χ0) is 27.1. The van der Waals surface area contributed by atoms with Crippen LogP contribution in [-0.4, -0.2) is 44.7 Å². The highest BCUT2D eigenvalue weighted by Crippen LogP contribution is 2.35. The van der Waals surface area contributed by atoms with Gasteiger partial charge in [0.15, 0.2) is 0 Å². The zero-order valence-electron chi connectivity index (χ0n) is 22.6. The summed E-state index contributed by atoms with van der Waals surface area (Å²) in [4.78, 5) is 38.3. The molecule has 2 aromatic carbocycles. The largest absolute Gasteiger partial charge is 0.443 e. The van der Waals surface area contributed by atoms with Crippen molar-refractivity contribution in [3.05, 3.63) is 66.9 Å². The van der Waals surface area contributed by atoms with E-state index in [4.69, 9.17) is 9.72 Å². The van der Waals surface area contributed by atoms with Gasteiger partial charge in [0.25, 0.3) is 0 Å². The van der Waals surface area contributed by atoms with Gasteiger partial charge in [0.05, 0.1) is 22.9 Å². The maximum Gasteiger partial charge on any atom is 0.415 e. The molecule has 2 fully saturated rings. The van der Waals surface area contributed by atoms with Crippen LogP contribution in [0.3, 0.4) is 0 Å². The van der Waals surface area contributed by atoms with E-state index in [0.29, 0.717) is 18.9 Å². The molecule has 39 heavy (non-hydrogen) atoms. The van der Waals surface area contributed by atoms with Gasteiger partial charge in [-0.2, -0.15) is 0 Å². The normalized spacial score (nSPS) is 16.0. The van der Waals surface area contributed by atoms with Gasteiger partial charge in [0.2, 0.25) is 11.9 Å². The van der Waals surface area contributed by atoms with Crippen molar-refractivity contribution in [3.63, 3.8) is 0 Å². The standard InChI is InChI=1S/C31H33N5O3/c1-31(2,3)39-30(38)35(22-11-7-12-22)23-14-16-24(17-15-23)36-26(21-9-5-4-6-10-21)19-25-27(36)20-32-29(33-25)34-18-8-13-28(34)37/h4-6,9-10,14-17,19-20,22H,7-8,11-13,18H2,1-3H3. The van der Waals surface area contributed by atoms with Crippen molar-refractivity contribution in [2.75, 3.05) is 16.3 Å². The van der Waals surface area contributed by atoms with E-state index in [1.165, 1.54) is 0 Å². The molecule has 1 aliphatic carbocycles. The summed E-state index contributed by atoms with van der Waals surface area (Å²) < 4.78 is 7.88. The molecule has 2 aromatic heterocycles. The number of ether oxygens (including phenoxy) is 1. The van der Waals surface area contributed by atoms with Gasteiger partial charge in [-0.05, 0) is 82.3 Å². The molecule has 0 radical (unpaired) electrons. The number of carbonyl (C=O) groups is 2. The SMILES string of the molecule is CC(C)(C)OC(=O)N(c1ccc(-n2c(-c3ccccc3)cc3nc(N4CCCC4=O)ncc32)cc1)C1CCC1. The van der Waals surface area contributed by atoms with Crippen LogP contribution < -0.4 is 9.80 Å². The summed E-state index contributed by atoms with van der Waals surface area (Å²) in [6.45, 7) is 6.32. The van der Waals surface area contributed by atoms with Crippen LogP contribution in [0.1, 0.15) is 52.9 Å². The molecule has 2 aliphatic rings. The highest BCUT2D eigenvalue weighted by atomic mass is 16.6. The predicted octanol–water partition coefficient (Wildman–Crippen LogP) is 6.51. The van der Waals surface area contributed by atoms with E-state index in [9.17, 15) is 9.59 Å². The number of amides is 2. The maximum atomic E-state index is 13.1. The van der Waals surface area contributed by atoms with Crippen molar-refractivity contribution in [2.24, 2.45) is 0 Å². The van der Waals surface area contributed by atoms with Crippen LogP contribution in [-0.2, 0) is 9.53 Å². The molecule has 0 spiro atoms. The van der Waals surface area contributed by atoms with Crippen molar-refractivity contribution in [1.29, 1.82) is 0 Å². The Morgan fingerprint density at radius 2 is 1.77 bits per heavy atom. The van der Waals surface area contributed by atoms with Crippen LogP contribution in [0.15, 0.2) is 66.9 Å². The smallest absolute Gasteiger partial charge is 0.415 e. The molecule has 8 heteroatoms. The minimum Gasteiger partial charge on any atom is -0.443 e. The molecule has 0 N–H and O–H groups in total. The molecule has 0 bridgehead atoms. The number of aromatic nitrogens is 3. The number of rotatable bonds is 5. The molecule has 4 aromatic rings. The zero-order valence-corrected chi connectivity index (χ0v) is 22.6. The quantitative estimate of drug-likeness (QED) is 0.298. The molecule has 2 amide bonds. The predicted molar refractivity (Wildman–Crippen MR) is 152 cm³/mol. The van der Waals surface area contributed by atoms with Crippen LogP contribution >= 0.6 is 0 Å². The van der Waals surface area contributed by atoms with Gasteiger partial charge >= 0.3 is 6.09 Å². The molecule has 3 heterocycles. The first-order chi connectivity index (χ1) is 18.8. The molecule has 0 atom stereocenters. The molecule has 200 valence electrons. The van der Waals surface area contributed by atoms with Crippen LogP contribution in [0.2, 0.25) is 0 Å². The van der Waals surface area contributed by atoms with E-state index in [1.807, 2.05) is 69.3 Å². The average molecular weight is 524 g/mol. The van der Waals surface area contributed by atoms with Crippen LogP contribution in [0.5, 0.6) is 0 Å². The number of hydrogen-bond acceptors (Lipinski definition) is 5.